The molecule has 33 heavy (non-hydrogen) atoms. The lowest BCUT2D eigenvalue weighted by molar-refractivity contribution is -0.127. The fourth-order valence-electron chi connectivity index (χ4n) is 3.49. The molecule has 0 aliphatic carbocycles. The van der Waals surface area contributed by atoms with Gasteiger partial charge in [0.15, 0.2) is 0 Å². The van der Waals surface area contributed by atoms with Crippen LogP contribution in [0.2, 0.25) is 5.02 Å². The van der Waals surface area contributed by atoms with Crippen LogP contribution in [0.15, 0.2) is 52.1 Å². The summed E-state index contributed by atoms with van der Waals surface area (Å²) in [5.74, 6) is 0.864. The van der Waals surface area contributed by atoms with Crippen molar-refractivity contribution in [2.24, 2.45) is 0 Å². The van der Waals surface area contributed by atoms with Gasteiger partial charge < -0.3 is 13.9 Å². The molecule has 3 aromatic rings. The summed E-state index contributed by atoms with van der Waals surface area (Å²) in [7, 11) is 3.12. The van der Waals surface area contributed by atoms with Gasteiger partial charge in [0.1, 0.15) is 11.5 Å². The molecular weight excluding hydrogens is 466 g/mol. The first-order valence-electron chi connectivity index (χ1n) is 10.3. The van der Waals surface area contributed by atoms with Crippen LogP contribution in [0, 0.1) is 0 Å². The molecule has 1 atom stereocenters. The third-order valence-corrected chi connectivity index (χ3v) is 6.56. The van der Waals surface area contributed by atoms with E-state index in [2.05, 4.69) is 10.2 Å². The van der Waals surface area contributed by atoms with Crippen LogP contribution in [0.4, 0.5) is 0 Å². The van der Waals surface area contributed by atoms with Crippen LogP contribution < -0.4 is 9.47 Å². The van der Waals surface area contributed by atoms with E-state index in [0.29, 0.717) is 40.6 Å². The van der Waals surface area contributed by atoms with Gasteiger partial charge >= 0.3 is 0 Å². The molecule has 0 bridgehead atoms. The van der Waals surface area contributed by atoms with E-state index < -0.39 is 5.25 Å². The number of hydrogen-bond donors (Lipinski definition) is 0. The second kappa shape index (κ2) is 10.3. The van der Waals surface area contributed by atoms with Crippen LogP contribution in [0.25, 0.3) is 11.5 Å². The molecule has 2 aromatic carbocycles. The van der Waals surface area contributed by atoms with Crippen molar-refractivity contribution in [3.63, 3.8) is 0 Å². The molecule has 8 nitrogen and oxygen atoms in total. The van der Waals surface area contributed by atoms with E-state index in [4.69, 9.17) is 25.5 Å². The van der Waals surface area contributed by atoms with Crippen molar-refractivity contribution in [3.8, 4) is 23.0 Å². The Hall–Kier alpha value is -3.04. The monoisotopic (exact) mass is 487 g/mol. The number of amides is 2. The molecule has 0 unspecified atom stereocenters. The summed E-state index contributed by atoms with van der Waals surface area (Å²) in [6, 6.07) is 11.8. The smallest absolute Gasteiger partial charge is 0.277 e. The third-order valence-electron chi connectivity index (χ3n) is 5.22. The highest BCUT2D eigenvalue weighted by Crippen LogP contribution is 2.34. The standard InChI is InChI=1S/C23H22ClN3O5S/c1-30-17-11-15(12-18(13-17)31-2)20-25-26-23(32-20)33-19-5-3-4-10-27(22(19)29)21(28)14-6-8-16(24)9-7-14/h6-9,11-13,19H,3-5,10H2,1-2H3/t19-/m0/s1. The second-order valence-corrected chi connectivity index (χ2v) is 8.97. The Morgan fingerprint density at radius 2 is 1.79 bits per heavy atom. The highest BCUT2D eigenvalue weighted by molar-refractivity contribution is 8.00. The Bertz CT molecular complexity index is 1130. The van der Waals surface area contributed by atoms with Crippen LogP contribution in [0.3, 0.4) is 0 Å². The lowest BCUT2D eigenvalue weighted by Crippen LogP contribution is -2.41. The highest BCUT2D eigenvalue weighted by atomic mass is 35.5. The fraction of sp³-hybridized carbons (Fsp3) is 0.304. The fourth-order valence-corrected chi connectivity index (χ4v) is 4.59. The maximum Gasteiger partial charge on any atom is 0.277 e. The summed E-state index contributed by atoms with van der Waals surface area (Å²) in [5.41, 5.74) is 1.06. The van der Waals surface area contributed by atoms with Gasteiger partial charge in [0.2, 0.25) is 11.8 Å². The SMILES string of the molecule is COc1cc(OC)cc(-c2nnc(S[C@H]3CCCCN(C(=O)c4ccc(Cl)cc4)C3=O)o2)c1. The van der Waals surface area contributed by atoms with Crippen LogP contribution in [0.1, 0.15) is 29.6 Å². The Morgan fingerprint density at radius 1 is 1.09 bits per heavy atom. The molecule has 10 heteroatoms. The molecule has 1 fully saturated rings. The molecule has 1 aliphatic rings. The van der Waals surface area contributed by atoms with Gasteiger partial charge in [0.05, 0.1) is 19.5 Å². The van der Waals surface area contributed by atoms with E-state index >= 15 is 0 Å². The summed E-state index contributed by atoms with van der Waals surface area (Å²) in [6.45, 7) is 0.371. The minimum absolute atomic E-state index is 0.255. The molecule has 1 aromatic heterocycles. The van der Waals surface area contributed by atoms with Crippen molar-refractivity contribution >= 4 is 35.2 Å². The Morgan fingerprint density at radius 3 is 2.45 bits per heavy atom. The highest BCUT2D eigenvalue weighted by Gasteiger charge is 2.33. The van der Waals surface area contributed by atoms with Gasteiger partial charge in [-0.1, -0.05) is 29.8 Å². The number of methoxy groups -OCH3 is 2. The van der Waals surface area contributed by atoms with Gasteiger partial charge in [-0.05, 0) is 49.2 Å². The molecular formula is C23H22ClN3O5S. The maximum absolute atomic E-state index is 13.2. The Kier molecular flexibility index (Phi) is 7.20. The minimum Gasteiger partial charge on any atom is -0.497 e. The van der Waals surface area contributed by atoms with E-state index in [9.17, 15) is 9.59 Å². The molecule has 2 amide bonds. The molecule has 1 aliphatic heterocycles. The van der Waals surface area contributed by atoms with Gasteiger partial charge in [0.25, 0.3) is 11.1 Å². The third kappa shape index (κ3) is 5.31. The molecule has 0 N–H and O–H groups in total. The maximum atomic E-state index is 13.2. The Balaban J connectivity index is 1.52. The number of imide groups is 1. The van der Waals surface area contributed by atoms with Crippen molar-refractivity contribution in [2.75, 3.05) is 20.8 Å². The Labute approximate surface area is 200 Å². The number of rotatable bonds is 6. The van der Waals surface area contributed by atoms with Crippen molar-refractivity contribution in [1.82, 2.24) is 15.1 Å². The van der Waals surface area contributed by atoms with E-state index in [-0.39, 0.29) is 22.9 Å². The van der Waals surface area contributed by atoms with E-state index in [0.717, 1.165) is 12.8 Å². The van der Waals surface area contributed by atoms with Crippen molar-refractivity contribution in [3.05, 3.63) is 53.1 Å². The van der Waals surface area contributed by atoms with Crippen LogP contribution in [-0.2, 0) is 4.79 Å². The lowest BCUT2D eigenvalue weighted by atomic mass is 10.2. The number of ether oxygens (including phenoxy) is 2. The van der Waals surface area contributed by atoms with Crippen molar-refractivity contribution in [2.45, 2.75) is 29.7 Å². The van der Waals surface area contributed by atoms with Gasteiger partial charge in [-0.25, -0.2) is 0 Å². The summed E-state index contributed by atoms with van der Waals surface area (Å²) in [4.78, 5) is 27.5. The number of carbonyl (C=O) groups is 2. The molecule has 0 spiro atoms. The number of aromatic nitrogens is 2. The quantitative estimate of drug-likeness (QED) is 0.461. The molecule has 1 saturated heterocycles. The average Bonchev–Trinajstić information content (AvgIpc) is 3.23. The first-order chi connectivity index (χ1) is 16.0. The normalized spacial score (nSPS) is 16.4. The van der Waals surface area contributed by atoms with E-state index in [1.165, 1.54) is 16.7 Å². The number of halogens is 1. The largest absolute Gasteiger partial charge is 0.497 e. The number of nitrogens with zero attached hydrogens (tertiary/aromatic N) is 3. The van der Waals surface area contributed by atoms with Gasteiger partial charge in [-0.15, -0.1) is 10.2 Å². The van der Waals surface area contributed by atoms with Crippen LogP contribution >= 0.6 is 23.4 Å². The lowest BCUT2D eigenvalue weighted by Gasteiger charge is -2.21. The van der Waals surface area contributed by atoms with Gasteiger partial charge in [0, 0.05) is 28.8 Å². The van der Waals surface area contributed by atoms with Crippen molar-refractivity contribution < 1.29 is 23.5 Å². The van der Waals surface area contributed by atoms with Crippen molar-refractivity contribution in [1.29, 1.82) is 0 Å². The van der Waals surface area contributed by atoms with Gasteiger partial charge in [-0.3, -0.25) is 14.5 Å². The summed E-state index contributed by atoms with van der Waals surface area (Å²) >= 11 is 7.09. The summed E-state index contributed by atoms with van der Waals surface area (Å²) in [6.07, 6.45) is 2.15. The summed E-state index contributed by atoms with van der Waals surface area (Å²) in [5, 5.41) is 8.49. The predicted octanol–water partition coefficient (Wildman–Crippen LogP) is 4.72. The number of carbonyl (C=O) groups excluding carboxylic acids is 2. The second-order valence-electron chi connectivity index (χ2n) is 7.38. The van der Waals surface area contributed by atoms with Crippen LogP contribution in [0.5, 0.6) is 11.5 Å². The number of hydrogen-bond acceptors (Lipinski definition) is 8. The summed E-state index contributed by atoms with van der Waals surface area (Å²) < 4.78 is 16.4. The average molecular weight is 488 g/mol. The van der Waals surface area contributed by atoms with Gasteiger partial charge in [-0.2, -0.15) is 0 Å². The molecule has 4 rings (SSSR count). The van der Waals surface area contributed by atoms with E-state index in [1.54, 1.807) is 56.7 Å². The minimum atomic E-state index is -0.503. The number of likely N-dealkylation sites (tertiary alicyclic amines) is 1. The number of benzene rings is 2. The first-order valence-corrected chi connectivity index (χ1v) is 11.6. The molecule has 0 saturated carbocycles. The zero-order chi connectivity index (χ0) is 23.4. The zero-order valence-corrected chi connectivity index (χ0v) is 19.7. The zero-order valence-electron chi connectivity index (χ0n) is 18.1. The molecule has 0 radical (unpaired) electrons. The molecule has 2 heterocycles. The van der Waals surface area contributed by atoms with Crippen LogP contribution in [-0.4, -0.2) is 52.9 Å². The first kappa shape index (κ1) is 23.1. The topological polar surface area (TPSA) is 94.8 Å². The number of thioether (sulfide) groups is 1. The predicted molar refractivity (Wildman–Crippen MR) is 124 cm³/mol. The van der Waals surface area contributed by atoms with E-state index in [1.807, 2.05) is 0 Å². The molecule has 172 valence electrons.